The van der Waals surface area contributed by atoms with Gasteiger partial charge in [0.05, 0.1) is 17.1 Å². The van der Waals surface area contributed by atoms with E-state index in [2.05, 4.69) is 10.3 Å². The van der Waals surface area contributed by atoms with Gasteiger partial charge in [-0.05, 0) is 30.2 Å². The average molecular weight is 338 g/mol. The zero-order chi connectivity index (χ0) is 16.5. The van der Waals surface area contributed by atoms with Crippen molar-refractivity contribution < 1.29 is 9.18 Å². The summed E-state index contributed by atoms with van der Waals surface area (Å²) in [6, 6.07) is 14.2. The van der Waals surface area contributed by atoms with Crippen LogP contribution in [0.2, 0.25) is 0 Å². The number of carbonyl (C=O) groups is 1. The minimum Gasteiger partial charge on any atom is -0.345 e. The molecule has 3 aromatic rings. The number of halogens is 1. The van der Waals surface area contributed by atoms with Crippen LogP contribution in [0.25, 0.3) is 10.9 Å². The first-order valence-corrected chi connectivity index (χ1v) is 8.78. The molecule has 1 aromatic heterocycles. The van der Waals surface area contributed by atoms with E-state index in [0.29, 0.717) is 10.5 Å². The van der Waals surface area contributed by atoms with Gasteiger partial charge >= 0.3 is 0 Å². The summed E-state index contributed by atoms with van der Waals surface area (Å²) < 4.78 is 14.0. The summed E-state index contributed by atoms with van der Waals surface area (Å²) in [5.74, 6) is 0.419. The average Bonchev–Trinajstić information content (AvgIpc) is 2.62. The Balaban J connectivity index is 1.67. The van der Waals surface area contributed by atoms with Gasteiger partial charge < -0.3 is 5.32 Å². The lowest BCUT2D eigenvalue weighted by Gasteiger charge is -2.26. The highest BCUT2D eigenvalue weighted by Gasteiger charge is 2.25. The van der Waals surface area contributed by atoms with Crippen LogP contribution in [0.15, 0.2) is 59.6 Å². The Hall–Kier alpha value is -2.40. The second-order valence-corrected chi connectivity index (χ2v) is 6.80. The smallest absolute Gasteiger partial charge is 0.252 e. The molecule has 24 heavy (non-hydrogen) atoms. The van der Waals surface area contributed by atoms with Crippen LogP contribution in [0.5, 0.6) is 0 Å². The van der Waals surface area contributed by atoms with Crippen LogP contribution in [0.4, 0.5) is 4.39 Å². The summed E-state index contributed by atoms with van der Waals surface area (Å²) in [6.07, 6.45) is 2.43. The number of rotatable bonds is 2. The fourth-order valence-corrected chi connectivity index (χ4v) is 4.21. The molecular formula is C19H15FN2OS. The van der Waals surface area contributed by atoms with Gasteiger partial charge in [0.25, 0.3) is 5.91 Å². The lowest BCUT2D eigenvalue weighted by atomic mass is 10.0. The molecule has 0 aliphatic carbocycles. The number of fused-ring (bicyclic) bond motifs is 2. The van der Waals surface area contributed by atoms with E-state index in [1.54, 1.807) is 18.3 Å². The molecule has 1 N–H and O–H groups in total. The van der Waals surface area contributed by atoms with Crippen molar-refractivity contribution in [3.63, 3.8) is 0 Å². The van der Waals surface area contributed by atoms with E-state index in [1.807, 2.05) is 30.3 Å². The molecule has 1 aliphatic rings. The first-order valence-electron chi connectivity index (χ1n) is 7.80. The molecule has 2 heterocycles. The molecule has 1 unspecified atom stereocenters. The Morgan fingerprint density at radius 1 is 1.17 bits per heavy atom. The van der Waals surface area contributed by atoms with Crippen LogP contribution in [0.1, 0.15) is 28.4 Å². The summed E-state index contributed by atoms with van der Waals surface area (Å²) in [5, 5.41) is 3.89. The number of nitrogens with one attached hydrogen (secondary N) is 1. The molecule has 0 radical (unpaired) electrons. The number of carbonyl (C=O) groups excluding carboxylic acids is 1. The molecule has 1 atom stereocenters. The van der Waals surface area contributed by atoms with Crippen LogP contribution in [0, 0.1) is 5.82 Å². The predicted molar refractivity (Wildman–Crippen MR) is 93.7 cm³/mol. The topological polar surface area (TPSA) is 42.0 Å². The van der Waals surface area contributed by atoms with Crippen molar-refractivity contribution in [1.82, 2.24) is 10.3 Å². The molecule has 5 heteroatoms. The molecule has 1 amide bonds. The molecule has 0 spiro atoms. The van der Waals surface area contributed by atoms with Crippen LogP contribution in [-0.4, -0.2) is 16.6 Å². The maximum Gasteiger partial charge on any atom is 0.252 e. The van der Waals surface area contributed by atoms with Gasteiger partial charge in [0.15, 0.2) is 0 Å². The number of hydrogen-bond acceptors (Lipinski definition) is 3. The first kappa shape index (κ1) is 15.1. The molecule has 120 valence electrons. The molecule has 1 aliphatic heterocycles. The van der Waals surface area contributed by atoms with Gasteiger partial charge in [0.2, 0.25) is 0 Å². The zero-order valence-electron chi connectivity index (χ0n) is 12.8. The Morgan fingerprint density at radius 2 is 2.04 bits per heavy atom. The van der Waals surface area contributed by atoms with E-state index < -0.39 is 0 Å². The fourth-order valence-electron chi connectivity index (χ4n) is 3.07. The Morgan fingerprint density at radius 3 is 2.96 bits per heavy atom. The third-order valence-corrected chi connectivity index (χ3v) is 5.38. The van der Waals surface area contributed by atoms with Gasteiger partial charge in [-0.15, -0.1) is 11.8 Å². The number of pyridine rings is 1. The van der Waals surface area contributed by atoms with E-state index in [1.165, 1.54) is 17.8 Å². The van der Waals surface area contributed by atoms with Gasteiger partial charge in [-0.3, -0.25) is 9.78 Å². The van der Waals surface area contributed by atoms with Crippen LogP contribution < -0.4 is 5.32 Å². The monoisotopic (exact) mass is 338 g/mol. The van der Waals surface area contributed by atoms with E-state index >= 15 is 0 Å². The normalized spacial score (nSPS) is 16.6. The highest BCUT2D eigenvalue weighted by Crippen LogP contribution is 2.37. The number of thioether (sulfide) groups is 1. The van der Waals surface area contributed by atoms with Crippen molar-refractivity contribution in [2.75, 3.05) is 5.75 Å². The third kappa shape index (κ3) is 2.65. The molecule has 0 bridgehead atoms. The lowest BCUT2D eigenvalue weighted by molar-refractivity contribution is 0.0936. The lowest BCUT2D eigenvalue weighted by Crippen LogP contribution is -2.31. The number of para-hydroxylation sites is 1. The van der Waals surface area contributed by atoms with E-state index in [4.69, 9.17) is 0 Å². The second kappa shape index (κ2) is 6.24. The summed E-state index contributed by atoms with van der Waals surface area (Å²) in [6.45, 7) is 0. The Kier molecular flexibility index (Phi) is 3.94. The highest BCUT2D eigenvalue weighted by atomic mass is 32.2. The van der Waals surface area contributed by atoms with Crippen LogP contribution >= 0.6 is 11.8 Å². The first-order chi connectivity index (χ1) is 11.7. The van der Waals surface area contributed by atoms with Crippen LogP contribution in [0.3, 0.4) is 0 Å². The summed E-state index contributed by atoms with van der Waals surface area (Å²) in [4.78, 5) is 17.7. The van der Waals surface area contributed by atoms with Gasteiger partial charge in [0.1, 0.15) is 5.82 Å². The Labute approximate surface area is 143 Å². The van der Waals surface area contributed by atoms with Gasteiger partial charge in [0, 0.05) is 22.2 Å². The van der Waals surface area contributed by atoms with Gasteiger partial charge in [-0.25, -0.2) is 4.39 Å². The Bertz CT molecular complexity index is 923. The minimum atomic E-state index is -0.217. The van der Waals surface area contributed by atoms with E-state index in [0.717, 1.165) is 28.6 Å². The van der Waals surface area contributed by atoms with Crippen LogP contribution in [-0.2, 0) is 0 Å². The van der Waals surface area contributed by atoms with E-state index in [-0.39, 0.29) is 17.8 Å². The van der Waals surface area contributed by atoms with Crippen molar-refractivity contribution in [2.24, 2.45) is 0 Å². The maximum atomic E-state index is 14.0. The maximum absolute atomic E-state index is 14.0. The number of nitrogens with zero attached hydrogens (tertiary/aromatic N) is 1. The molecule has 3 nitrogen and oxygen atoms in total. The van der Waals surface area contributed by atoms with Crippen molar-refractivity contribution in [3.8, 4) is 0 Å². The number of hydrogen-bond donors (Lipinski definition) is 1. The molecule has 2 aromatic carbocycles. The number of amides is 1. The summed E-state index contributed by atoms with van der Waals surface area (Å²) in [5.41, 5.74) is 2.24. The molecule has 0 fully saturated rings. The van der Waals surface area contributed by atoms with Gasteiger partial charge in [-0.1, -0.05) is 30.3 Å². The molecular weight excluding hydrogens is 323 g/mol. The standard InChI is InChI=1S/C19H15FN2OS/c20-15-6-3-5-14-17(9-11-24-18(14)15)22-19(23)13-8-10-21-16-7-2-1-4-12(13)16/h1-8,10,17H,9,11H2,(H,22,23). The summed E-state index contributed by atoms with van der Waals surface area (Å²) in [7, 11) is 0. The largest absolute Gasteiger partial charge is 0.345 e. The SMILES string of the molecule is O=C(NC1CCSc2c(F)cccc21)c1ccnc2ccccc12. The third-order valence-electron chi connectivity index (χ3n) is 4.22. The molecule has 0 saturated carbocycles. The number of aromatic nitrogens is 1. The fraction of sp³-hybridized carbons (Fsp3) is 0.158. The quantitative estimate of drug-likeness (QED) is 0.756. The van der Waals surface area contributed by atoms with Crippen molar-refractivity contribution in [3.05, 3.63) is 71.7 Å². The molecule has 0 saturated heterocycles. The number of benzene rings is 2. The van der Waals surface area contributed by atoms with E-state index in [9.17, 15) is 9.18 Å². The zero-order valence-corrected chi connectivity index (χ0v) is 13.6. The molecule has 4 rings (SSSR count). The highest BCUT2D eigenvalue weighted by molar-refractivity contribution is 7.99. The predicted octanol–water partition coefficient (Wildman–Crippen LogP) is 4.34. The second-order valence-electron chi connectivity index (χ2n) is 5.70. The van der Waals surface area contributed by atoms with Gasteiger partial charge in [-0.2, -0.15) is 0 Å². The minimum absolute atomic E-state index is 0.152. The van der Waals surface area contributed by atoms with Crippen molar-refractivity contribution in [2.45, 2.75) is 17.4 Å². The van der Waals surface area contributed by atoms with Crippen molar-refractivity contribution in [1.29, 1.82) is 0 Å². The van der Waals surface area contributed by atoms with Crippen molar-refractivity contribution >= 4 is 28.6 Å². The summed E-state index contributed by atoms with van der Waals surface area (Å²) >= 11 is 1.51.